The maximum Gasteiger partial charge on any atom is 0.261 e. The van der Waals surface area contributed by atoms with E-state index < -0.39 is 5.54 Å². The van der Waals surface area contributed by atoms with Crippen molar-refractivity contribution in [1.29, 1.82) is 0 Å². The SMILES string of the molecule is O=C1NC=NC12C=COc1ccccc12. The van der Waals surface area contributed by atoms with Crippen molar-refractivity contribution in [3.8, 4) is 5.75 Å². The van der Waals surface area contributed by atoms with Crippen LogP contribution in [0.3, 0.4) is 0 Å². The van der Waals surface area contributed by atoms with Crippen LogP contribution in [0.15, 0.2) is 41.6 Å². The van der Waals surface area contributed by atoms with Crippen molar-refractivity contribution in [2.24, 2.45) is 4.99 Å². The number of carbonyl (C=O) groups is 1. The molecule has 0 fully saturated rings. The lowest BCUT2D eigenvalue weighted by atomic mass is 9.88. The summed E-state index contributed by atoms with van der Waals surface area (Å²) in [6, 6.07) is 7.40. The van der Waals surface area contributed by atoms with Gasteiger partial charge in [-0.3, -0.25) is 4.79 Å². The fourth-order valence-electron chi connectivity index (χ4n) is 1.85. The molecule has 0 radical (unpaired) electrons. The van der Waals surface area contributed by atoms with E-state index in [1.165, 1.54) is 12.6 Å². The Kier molecular flexibility index (Phi) is 1.48. The van der Waals surface area contributed by atoms with Crippen LogP contribution in [0.1, 0.15) is 5.56 Å². The molecule has 1 N–H and O–H groups in total. The summed E-state index contributed by atoms with van der Waals surface area (Å²) in [6.07, 6.45) is 4.59. The van der Waals surface area contributed by atoms with Gasteiger partial charge in [0, 0.05) is 5.56 Å². The molecular weight excluding hydrogens is 192 g/mol. The smallest absolute Gasteiger partial charge is 0.261 e. The van der Waals surface area contributed by atoms with E-state index in [9.17, 15) is 4.79 Å². The molecule has 74 valence electrons. The molecule has 3 rings (SSSR count). The molecule has 1 aromatic carbocycles. The Labute approximate surface area is 86.3 Å². The summed E-state index contributed by atoms with van der Waals surface area (Å²) in [4.78, 5) is 16.0. The first-order valence-corrected chi connectivity index (χ1v) is 4.61. The van der Waals surface area contributed by atoms with Gasteiger partial charge in [-0.05, 0) is 12.1 Å². The van der Waals surface area contributed by atoms with Crippen molar-refractivity contribution in [3.05, 3.63) is 42.2 Å². The molecular formula is C11H8N2O2. The monoisotopic (exact) mass is 200 g/mol. The number of amides is 1. The zero-order valence-corrected chi connectivity index (χ0v) is 7.81. The van der Waals surface area contributed by atoms with Crippen LogP contribution in [0.4, 0.5) is 0 Å². The summed E-state index contributed by atoms with van der Waals surface area (Å²) in [5.41, 5.74) is -0.145. The van der Waals surface area contributed by atoms with Crippen molar-refractivity contribution >= 4 is 12.2 Å². The van der Waals surface area contributed by atoms with E-state index in [-0.39, 0.29) is 5.91 Å². The van der Waals surface area contributed by atoms with Crippen LogP contribution in [0.5, 0.6) is 5.75 Å². The summed E-state index contributed by atoms with van der Waals surface area (Å²) < 4.78 is 5.32. The van der Waals surface area contributed by atoms with Gasteiger partial charge in [-0.25, -0.2) is 4.99 Å². The fourth-order valence-corrected chi connectivity index (χ4v) is 1.85. The van der Waals surface area contributed by atoms with Gasteiger partial charge in [-0.2, -0.15) is 0 Å². The van der Waals surface area contributed by atoms with Gasteiger partial charge in [-0.1, -0.05) is 18.2 Å². The van der Waals surface area contributed by atoms with E-state index in [2.05, 4.69) is 10.3 Å². The second kappa shape index (κ2) is 2.70. The molecule has 4 heteroatoms. The van der Waals surface area contributed by atoms with E-state index in [1.807, 2.05) is 24.3 Å². The molecule has 2 heterocycles. The summed E-state index contributed by atoms with van der Waals surface area (Å²) in [5.74, 6) is 0.531. The minimum atomic E-state index is -0.922. The molecule has 0 saturated heterocycles. The molecule has 1 aromatic rings. The lowest BCUT2D eigenvalue weighted by molar-refractivity contribution is -0.122. The van der Waals surface area contributed by atoms with Gasteiger partial charge in [-0.15, -0.1) is 0 Å². The first-order chi connectivity index (χ1) is 7.33. The number of hydrogen-bond acceptors (Lipinski definition) is 3. The van der Waals surface area contributed by atoms with Gasteiger partial charge >= 0.3 is 0 Å². The highest BCUT2D eigenvalue weighted by molar-refractivity contribution is 6.02. The average Bonchev–Trinajstić information content (AvgIpc) is 2.62. The highest BCUT2D eigenvalue weighted by Gasteiger charge is 2.43. The van der Waals surface area contributed by atoms with Crippen LogP contribution in [0.2, 0.25) is 0 Å². The van der Waals surface area contributed by atoms with Crippen LogP contribution < -0.4 is 10.1 Å². The van der Waals surface area contributed by atoms with Crippen molar-refractivity contribution in [2.75, 3.05) is 0 Å². The number of nitrogens with one attached hydrogen (secondary N) is 1. The Morgan fingerprint density at radius 2 is 2.20 bits per heavy atom. The molecule has 4 nitrogen and oxygen atoms in total. The summed E-state index contributed by atoms with van der Waals surface area (Å²) >= 11 is 0. The Morgan fingerprint density at radius 3 is 3.00 bits per heavy atom. The number of aliphatic imine (C=N–C) groups is 1. The third-order valence-electron chi connectivity index (χ3n) is 2.61. The van der Waals surface area contributed by atoms with Gasteiger partial charge in [0.15, 0.2) is 5.54 Å². The molecule has 0 aromatic heterocycles. The molecule has 2 aliphatic rings. The highest BCUT2D eigenvalue weighted by atomic mass is 16.5. The number of hydrogen-bond donors (Lipinski definition) is 1. The molecule has 0 bridgehead atoms. The number of carbonyl (C=O) groups excluding carboxylic acids is 1. The molecule has 0 saturated carbocycles. The lowest BCUT2D eigenvalue weighted by Gasteiger charge is -2.25. The van der Waals surface area contributed by atoms with Crippen molar-refractivity contribution in [2.45, 2.75) is 5.54 Å². The predicted molar refractivity (Wildman–Crippen MR) is 54.5 cm³/mol. The minimum Gasteiger partial charge on any atom is -0.465 e. The second-order valence-corrected chi connectivity index (χ2v) is 3.41. The zero-order chi connectivity index (χ0) is 10.3. The predicted octanol–water partition coefficient (Wildman–Crippen LogP) is 0.946. The van der Waals surface area contributed by atoms with Gasteiger partial charge in [0.25, 0.3) is 5.91 Å². The number of benzene rings is 1. The maximum atomic E-state index is 11.8. The topological polar surface area (TPSA) is 50.7 Å². The van der Waals surface area contributed by atoms with Crippen LogP contribution in [0.25, 0.3) is 0 Å². The largest absolute Gasteiger partial charge is 0.465 e. The van der Waals surface area contributed by atoms with Crippen LogP contribution in [0, 0.1) is 0 Å². The molecule has 1 amide bonds. The number of para-hydroxylation sites is 1. The van der Waals surface area contributed by atoms with Gasteiger partial charge < -0.3 is 10.1 Å². The Morgan fingerprint density at radius 1 is 1.33 bits per heavy atom. The highest BCUT2D eigenvalue weighted by Crippen LogP contribution is 2.39. The van der Waals surface area contributed by atoms with Gasteiger partial charge in [0.05, 0.1) is 12.6 Å². The third-order valence-corrected chi connectivity index (χ3v) is 2.61. The van der Waals surface area contributed by atoms with Crippen LogP contribution in [-0.4, -0.2) is 12.2 Å². The van der Waals surface area contributed by atoms with Crippen LogP contribution in [-0.2, 0) is 10.3 Å². The van der Waals surface area contributed by atoms with Crippen molar-refractivity contribution in [3.63, 3.8) is 0 Å². The average molecular weight is 200 g/mol. The first kappa shape index (κ1) is 8.23. The summed E-state index contributed by atoms with van der Waals surface area (Å²) in [7, 11) is 0. The molecule has 2 aliphatic heterocycles. The van der Waals surface area contributed by atoms with E-state index >= 15 is 0 Å². The fraction of sp³-hybridized carbons (Fsp3) is 0.0909. The zero-order valence-electron chi connectivity index (χ0n) is 7.81. The van der Waals surface area contributed by atoms with E-state index in [0.717, 1.165) is 5.56 Å². The molecule has 0 aliphatic carbocycles. The Balaban J connectivity index is 2.26. The first-order valence-electron chi connectivity index (χ1n) is 4.61. The normalized spacial score (nSPS) is 26.3. The number of ether oxygens (including phenoxy) is 1. The van der Waals surface area contributed by atoms with Crippen LogP contribution >= 0.6 is 0 Å². The molecule has 1 spiro atoms. The number of nitrogens with zero attached hydrogens (tertiary/aromatic N) is 1. The Hall–Kier alpha value is -2.10. The lowest BCUT2D eigenvalue weighted by Crippen LogP contribution is -2.36. The quantitative estimate of drug-likeness (QED) is 0.677. The summed E-state index contributed by atoms with van der Waals surface area (Å²) in [5, 5.41) is 2.58. The van der Waals surface area contributed by atoms with Gasteiger partial charge in [0.1, 0.15) is 5.75 Å². The minimum absolute atomic E-state index is 0.144. The van der Waals surface area contributed by atoms with E-state index in [4.69, 9.17) is 4.74 Å². The van der Waals surface area contributed by atoms with E-state index in [0.29, 0.717) is 5.75 Å². The van der Waals surface area contributed by atoms with Crippen molar-refractivity contribution in [1.82, 2.24) is 5.32 Å². The molecule has 15 heavy (non-hydrogen) atoms. The maximum absolute atomic E-state index is 11.8. The number of fused-ring (bicyclic) bond motifs is 2. The third kappa shape index (κ3) is 0.958. The number of rotatable bonds is 0. The van der Waals surface area contributed by atoms with Crippen molar-refractivity contribution < 1.29 is 9.53 Å². The Bertz CT molecular complexity index is 493. The van der Waals surface area contributed by atoms with Gasteiger partial charge in [0.2, 0.25) is 0 Å². The second-order valence-electron chi connectivity index (χ2n) is 3.41. The molecule has 1 unspecified atom stereocenters. The molecule has 1 atom stereocenters. The standard InChI is InChI=1S/C11H8N2O2/c14-10-11(13-7-12-10)5-6-15-9-4-2-1-3-8(9)11/h1-7H,(H,12,13,14). The van der Waals surface area contributed by atoms with E-state index in [1.54, 1.807) is 6.08 Å². The summed E-state index contributed by atoms with van der Waals surface area (Å²) in [6.45, 7) is 0.